The number of ether oxygens (including phenoxy) is 1. The van der Waals surface area contributed by atoms with E-state index in [9.17, 15) is 4.79 Å². The maximum Gasteiger partial charge on any atom is 0.228 e. The summed E-state index contributed by atoms with van der Waals surface area (Å²) >= 11 is 3.32. The highest BCUT2D eigenvalue weighted by molar-refractivity contribution is 9.10. The van der Waals surface area contributed by atoms with Crippen LogP contribution in [-0.2, 0) is 16.0 Å². The lowest BCUT2D eigenvalue weighted by Crippen LogP contribution is -2.45. The fourth-order valence-electron chi connectivity index (χ4n) is 1.82. The molecule has 1 aliphatic rings. The van der Waals surface area contributed by atoms with Gasteiger partial charge in [-0.05, 0) is 35.0 Å². The Kier molecular flexibility index (Phi) is 4.12. The third kappa shape index (κ3) is 3.51. The largest absolute Gasteiger partial charge is 0.375 e. The molecule has 92 valence electrons. The van der Waals surface area contributed by atoms with Crippen molar-refractivity contribution in [3.05, 3.63) is 28.5 Å². The minimum Gasteiger partial charge on any atom is -0.375 e. The fourth-order valence-corrected chi connectivity index (χ4v) is 2.06. The number of rotatable bonds is 2. The monoisotopic (exact) mass is 298 g/mol. The van der Waals surface area contributed by atoms with Crippen LogP contribution < -0.4 is 0 Å². The molecule has 1 atom stereocenters. The van der Waals surface area contributed by atoms with Crippen LogP contribution >= 0.6 is 15.9 Å². The van der Waals surface area contributed by atoms with E-state index in [1.54, 1.807) is 6.20 Å². The summed E-state index contributed by atoms with van der Waals surface area (Å²) < 4.78 is 6.33. The van der Waals surface area contributed by atoms with Gasteiger partial charge in [0.1, 0.15) is 0 Å². The smallest absolute Gasteiger partial charge is 0.228 e. The van der Waals surface area contributed by atoms with Gasteiger partial charge >= 0.3 is 0 Å². The molecular formula is C12H15BrN2O2. The van der Waals surface area contributed by atoms with E-state index in [4.69, 9.17) is 4.74 Å². The molecular weight excluding hydrogens is 284 g/mol. The highest BCUT2D eigenvalue weighted by Gasteiger charge is 2.21. The summed E-state index contributed by atoms with van der Waals surface area (Å²) in [5.74, 6) is 0.120. The SMILES string of the molecule is C[C@H]1CN(C(=O)Cc2ccc(Br)cn2)CCO1. The quantitative estimate of drug-likeness (QED) is 0.833. The third-order valence-electron chi connectivity index (χ3n) is 2.71. The van der Waals surface area contributed by atoms with Gasteiger partial charge in [-0.3, -0.25) is 9.78 Å². The van der Waals surface area contributed by atoms with Gasteiger partial charge in [-0.1, -0.05) is 0 Å². The zero-order valence-corrected chi connectivity index (χ0v) is 11.3. The number of nitrogens with zero attached hydrogens (tertiary/aromatic N) is 2. The average Bonchev–Trinajstić information content (AvgIpc) is 2.32. The normalized spacial score (nSPS) is 20.4. The summed E-state index contributed by atoms with van der Waals surface area (Å²) in [6.45, 7) is 3.97. The Balaban J connectivity index is 1.94. The Morgan fingerprint density at radius 2 is 2.47 bits per heavy atom. The van der Waals surface area contributed by atoms with Crippen molar-refractivity contribution >= 4 is 21.8 Å². The van der Waals surface area contributed by atoms with Crippen LogP contribution in [0.15, 0.2) is 22.8 Å². The second kappa shape index (κ2) is 5.60. The lowest BCUT2D eigenvalue weighted by atomic mass is 10.2. The van der Waals surface area contributed by atoms with Gasteiger partial charge in [-0.15, -0.1) is 0 Å². The minimum absolute atomic E-state index is 0.120. The van der Waals surface area contributed by atoms with Crippen molar-refractivity contribution in [2.45, 2.75) is 19.4 Å². The Hall–Kier alpha value is -0.940. The molecule has 1 aromatic rings. The maximum absolute atomic E-state index is 12.0. The number of carbonyl (C=O) groups is 1. The van der Waals surface area contributed by atoms with Crippen LogP contribution in [0.1, 0.15) is 12.6 Å². The first-order chi connectivity index (χ1) is 8.15. The van der Waals surface area contributed by atoms with Crippen LogP contribution in [-0.4, -0.2) is 41.6 Å². The van der Waals surface area contributed by atoms with Gasteiger partial charge in [-0.2, -0.15) is 0 Å². The van der Waals surface area contributed by atoms with Crippen molar-refractivity contribution in [2.24, 2.45) is 0 Å². The predicted octanol–water partition coefficient (Wildman–Crippen LogP) is 1.63. The van der Waals surface area contributed by atoms with E-state index < -0.39 is 0 Å². The Morgan fingerprint density at radius 3 is 3.12 bits per heavy atom. The number of morpholine rings is 1. The number of hydrogen-bond acceptors (Lipinski definition) is 3. The second-order valence-electron chi connectivity index (χ2n) is 4.17. The molecule has 2 heterocycles. The first kappa shape index (κ1) is 12.5. The molecule has 2 rings (SSSR count). The van der Waals surface area contributed by atoms with Gasteiger partial charge in [0, 0.05) is 29.5 Å². The van der Waals surface area contributed by atoms with Crippen LogP contribution in [0, 0.1) is 0 Å². The fraction of sp³-hybridized carbons (Fsp3) is 0.500. The molecule has 1 aromatic heterocycles. The van der Waals surface area contributed by atoms with Gasteiger partial charge < -0.3 is 9.64 Å². The molecule has 5 heteroatoms. The summed E-state index contributed by atoms with van der Waals surface area (Å²) in [7, 11) is 0. The molecule has 4 nitrogen and oxygen atoms in total. The zero-order valence-electron chi connectivity index (χ0n) is 9.73. The average molecular weight is 299 g/mol. The predicted molar refractivity (Wildman–Crippen MR) is 67.6 cm³/mol. The van der Waals surface area contributed by atoms with Crippen molar-refractivity contribution in [2.75, 3.05) is 19.7 Å². The van der Waals surface area contributed by atoms with Crippen LogP contribution in [0.3, 0.4) is 0 Å². The first-order valence-electron chi connectivity index (χ1n) is 5.65. The Labute approximate surface area is 109 Å². The molecule has 1 saturated heterocycles. The van der Waals surface area contributed by atoms with Crippen molar-refractivity contribution < 1.29 is 9.53 Å². The summed E-state index contributed by atoms with van der Waals surface area (Å²) in [5, 5.41) is 0. The van der Waals surface area contributed by atoms with E-state index in [1.807, 2.05) is 24.0 Å². The molecule has 1 aliphatic heterocycles. The topological polar surface area (TPSA) is 42.4 Å². The molecule has 0 aromatic carbocycles. The van der Waals surface area contributed by atoms with Crippen LogP contribution in [0.5, 0.6) is 0 Å². The first-order valence-corrected chi connectivity index (χ1v) is 6.44. The number of pyridine rings is 1. The van der Waals surface area contributed by atoms with E-state index in [1.165, 1.54) is 0 Å². The van der Waals surface area contributed by atoms with Crippen LogP contribution in [0.25, 0.3) is 0 Å². The number of halogens is 1. The molecule has 1 fully saturated rings. The highest BCUT2D eigenvalue weighted by Crippen LogP contribution is 2.10. The van der Waals surface area contributed by atoms with Crippen LogP contribution in [0.4, 0.5) is 0 Å². The number of amides is 1. The summed E-state index contributed by atoms with van der Waals surface area (Å²) in [5.41, 5.74) is 0.803. The molecule has 0 spiro atoms. The molecule has 0 saturated carbocycles. The number of carbonyl (C=O) groups excluding carboxylic acids is 1. The Morgan fingerprint density at radius 1 is 1.65 bits per heavy atom. The van der Waals surface area contributed by atoms with Gasteiger partial charge in [0.25, 0.3) is 0 Å². The summed E-state index contributed by atoms with van der Waals surface area (Å²) in [4.78, 5) is 18.1. The highest BCUT2D eigenvalue weighted by atomic mass is 79.9. The van der Waals surface area contributed by atoms with Gasteiger partial charge in [0.2, 0.25) is 5.91 Å². The van der Waals surface area contributed by atoms with Gasteiger partial charge in [0.05, 0.1) is 19.1 Å². The molecule has 0 bridgehead atoms. The molecule has 0 radical (unpaired) electrons. The van der Waals surface area contributed by atoms with Crippen molar-refractivity contribution in [3.8, 4) is 0 Å². The molecule has 0 aliphatic carbocycles. The molecule has 0 unspecified atom stereocenters. The third-order valence-corrected chi connectivity index (χ3v) is 3.18. The second-order valence-corrected chi connectivity index (χ2v) is 5.08. The van der Waals surface area contributed by atoms with E-state index in [0.29, 0.717) is 26.1 Å². The number of aromatic nitrogens is 1. The standard InChI is InChI=1S/C12H15BrN2O2/c1-9-8-15(4-5-17-9)12(16)6-11-3-2-10(13)7-14-11/h2-3,7,9H,4-6,8H2,1H3/t9-/m0/s1. The van der Waals surface area contributed by atoms with Gasteiger partial charge in [0.15, 0.2) is 0 Å². The van der Waals surface area contributed by atoms with E-state index >= 15 is 0 Å². The van der Waals surface area contributed by atoms with E-state index in [0.717, 1.165) is 10.2 Å². The lowest BCUT2D eigenvalue weighted by Gasteiger charge is -2.31. The van der Waals surface area contributed by atoms with Crippen molar-refractivity contribution in [1.29, 1.82) is 0 Å². The Bertz CT molecular complexity index is 394. The summed E-state index contributed by atoms with van der Waals surface area (Å²) in [6, 6.07) is 3.77. The summed E-state index contributed by atoms with van der Waals surface area (Å²) in [6.07, 6.45) is 2.20. The minimum atomic E-state index is 0.120. The van der Waals surface area contributed by atoms with E-state index in [2.05, 4.69) is 20.9 Å². The van der Waals surface area contributed by atoms with Gasteiger partial charge in [-0.25, -0.2) is 0 Å². The molecule has 1 amide bonds. The number of hydrogen-bond donors (Lipinski definition) is 0. The zero-order chi connectivity index (χ0) is 12.3. The van der Waals surface area contributed by atoms with E-state index in [-0.39, 0.29) is 12.0 Å². The molecule has 17 heavy (non-hydrogen) atoms. The maximum atomic E-state index is 12.0. The lowest BCUT2D eigenvalue weighted by molar-refractivity contribution is -0.137. The van der Waals surface area contributed by atoms with Crippen LogP contribution in [0.2, 0.25) is 0 Å². The molecule has 0 N–H and O–H groups in total. The van der Waals surface area contributed by atoms with Crippen molar-refractivity contribution in [1.82, 2.24) is 9.88 Å². The van der Waals surface area contributed by atoms with Crippen molar-refractivity contribution in [3.63, 3.8) is 0 Å².